The number of amides is 1. The predicted octanol–water partition coefficient (Wildman–Crippen LogP) is 0.372. The number of nitrogens with one attached hydrogen (secondary N) is 2. The van der Waals surface area contributed by atoms with Crippen LogP contribution >= 0.6 is 0 Å². The van der Waals surface area contributed by atoms with Gasteiger partial charge in [0.25, 0.3) is 0 Å². The van der Waals surface area contributed by atoms with Crippen molar-refractivity contribution in [3.8, 4) is 0 Å². The van der Waals surface area contributed by atoms with E-state index < -0.39 is 5.97 Å². The highest BCUT2D eigenvalue weighted by molar-refractivity contribution is 5.76. The third-order valence-electron chi connectivity index (χ3n) is 4.20. The molecule has 6 heteroatoms. The molecule has 2 aliphatic rings. The van der Waals surface area contributed by atoms with Crippen LogP contribution in [0.2, 0.25) is 0 Å². The van der Waals surface area contributed by atoms with Crippen LogP contribution in [0, 0.1) is 11.8 Å². The average Bonchev–Trinajstić information content (AvgIpc) is 2.46. The fraction of sp³-hybridized carbons (Fsp3) is 0.857. The summed E-state index contributed by atoms with van der Waals surface area (Å²) in [5.74, 6) is -0.433. The lowest BCUT2D eigenvalue weighted by Gasteiger charge is -2.27. The number of hydrogen-bond donors (Lipinski definition) is 3. The van der Waals surface area contributed by atoms with Gasteiger partial charge < -0.3 is 20.5 Å². The third-order valence-corrected chi connectivity index (χ3v) is 4.20. The van der Waals surface area contributed by atoms with E-state index in [1.807, 2.05) is 0 Å². The van der Waals surface area contributed by atoms with Gasteiger partial charge in [0.15, 0.2) is 0 Å². The Labute approximate surface area is 119 Å². The number of carboxylic acids is 1. The van der Waals surface area contributed by atoms with Gasteiger partial charge in [-0.2, -0.15) is 0 Å². The van der Waals surface area contributed by atoms with E-state index in [-0.39, 0.29) is 17.9 Å². The summed E-state index contributed by atoms with van der Waals surface area (Å²) in [7, 11) is 0. The van der Waals surface area contributed by atoms with Crippen LogP contribution in [0.5, 0.6) is 0 Å². The lowest BCUT2D eigenvalue weighted by molar-refractivity contribution is -0.143. The monoisotopic (exact) mass is 284 g/mol. The van der Waals surface area contributed by atoms with E-state index in [0.29, 0.717) is 25.5 Å². The molecule has 1 unspecified atom stereocenters. The topological polar surface area (TPSA) is 87.7 Å². The summed E-state index contributed by atoms with van der Waals surface area (Å²) in [6.45, 7) is 2.91. The molecule has 114 valence electrons. The second-order valence-electron chi connectivity index (χ2n) is 5.76. The lowest BCUT2D eigenvalue weighted by Crippen LogP contribution is -2.42. The largest absolute Gasteiger partial charge is 0.481 e. The van der Waals surface area contributed by atoms with Crippen molar-refractivity contribution in [2.24, 2.45) is 11.8 Å². The van der Waals surface area contributed by atoms with Gasteiger partial charge in [0.2, 0.25) is 5.91 Å². The Bertz CT molecular complexity index is 334. The van der Waals surface area contributed by atoms with Gasteiger partial charge in [-0.1, -0.05) is 0 Å². The van der Waals surface area contributed by atoms with Crippen LogP contribution in [0.25, 0.3) is 0 Å². The number of morpholine rings is 1. The van der Waals surface area contributed by atoms with E-state index >= 15 is 0 Å². The summed E-state index contributed by atoms with van der Waals surface area (Å²) in [5, 5.41) is 15.1. The minimum Gasteiger partial charge on any atom is -0.481 e. The van der Waals surface area contributed by atoms with E-state index in [1.54, 1.807) is 0 Å². The van der Waals surface area contributed by atoms with Gasteiger partial charge >= 0.3 is 5.97 Å². The summed E-state index contributed by atoms with van der Waals surface area (Å²) < 4.78 is 5.49. The van der Waals surface area contributed by atoms with Crippen molar-refractivity contribution in [1.82, 2.24) is 10.6 Å². The summed E-state index contributed by atoms with van der Waals surface area (Å²) in [6, 6.07) is 0. The molecule has 6 nitrogen and oxygen atoms in total. The van der Waals surface area contributed by atoms with Crippen molar-refractivity contribution in [1.29, 1.82) is 0 Å². The van der Waals surface area contributed by atoms with Gasteiger partial charge in [0.1, 0.15) is 0 Å². The number of carboxylic acid groups (broad SMARTS) is 1. The molecule has 1 heterocycles. The minimum atomic E-state index is -0.686. The van der Waals surface area contributed by atoms with Crippen LogP contribution in [-0.4, -0.2) is 49.3 Å². The Kier molecular flexibility index (Phi) is 5.79. The average molecular weight is 284 g/mol. The number of carbonyl (C=O) groups is 2. The maximum Gasteiger partial charge on any atom is 0.306 e. The van der Waals surface area contributed by atoms with Gasteiger partial charge in [-0.3, -0.25) is 9.59 Å². The second kappa shape index (κ2) is 7.59. The van der Waals surface area contributed by atoms with Crippen LogP contribution in [0.15, 0.2) is 0 Å². The Morgan fingerprint density at radius 3 is 2.60 bits per heavy atom. The van der Waals surface area contributed by atoms with Gasteiger partial charge in [0, 0.05) is 19.6 Å². The highest BCUT2D eigenvalue weighted by Crippen LogP contribution is 2.28. The molecule has 1 atom stereocenters. The quantitative estimate of drug-likeness (QED) is 0.679. The summed E-state index contributed by atoms with van der Waals surface area (Å²) >= 11 is 0. The zero-order chi connectivity index (χ0) is 14.4. The van der Waals surface area contributed by atoms with Gasteiger partial charge in [-0.15, -0.1) is 0 Å². The molecule has 3 N–H and O–H groups in total. The van der Waals surface area contributed by atoms with Crippen molar-refractivity contribution >= 4 is 11.9 Å². The SMILES string of the molecule is O=C(CC1CNCCO1)NCC1CCC(C(=O)O)CC1. The molecule has 0 aromatic heterocycles. The molecular formula is C14H24N2O4. The molecule has 1 aliphatic heterocycles. The Hall–Kier alpha value is -1.14. The molecule has 1 amide bonds. The zero-order valence-corrected chi connectivity index (χ0v) is 11.8. The smallest absolute Gasteiger partial charge is 0.306 e. The van der Waals surface area contributed by atoms with Crippen LogP contribution in [-0.2, 0) is 14.3 Å². The summed E-state index contributed by atoms with van der Waals surface area (Å²) in [6.07, 6.45) is 3.61. The molecule has 0 aromatic rings. The zero-order valence-electron chi connectivity index (χ0n) is 11.8. The van der Waals surface area contributed by atoms with E-state index in [9.17, 15) is 9.59 Å². The number of hydrogen-bond acceptors (Lipinski definition) is 4. The molecule has 2 rings (SSSR count). The van der Waals surface area contributed by atoms with E-state index in [2.05, 4.69) is 10.6 Å². The van der Waals surface area contributed by atoms with Gasteiger partial charge in [-0.25, -0.2) is 0 Å². The normalized spacial score (nSPS) is 30.7. The van der Waals surface area contributed by atoms with Gasteiger partial charge in [-0.05, 0) is 31.6 Å². The third kappa shape index (κ3) is 4.76. The summed E-state index contributed by atoms with van der Waals surface area (Å²) in [5.41, 5.74) is 0. The number of carbonyl (C=O) groups excluding carboxylic acids is 1. The highest BCUT2D eigenvalue weighted by atomic mass is 16.5. The standard InChI is InChI=1S/C14H24N2O4/c17-13(7-12-9-15-5-6-20-12)16-8-10-1-3-11(4-2-10)14(18)19/h10-12,15H,1-9H2,(H,16,17)(H,18,19). The van der Waals surface area contributed by atoms with Crippen molar-refractivity contribution in [3.05, 3.63) is 0 Å². The van der Waals surface area contributed by atoms with Crippen molar-refractivity contribution in [3.63, 3.8) is 0 Å². The van der Waals surface area contributed by atoms with E-state index in [1.165, 1.54) is 0 Å². The molecule has 1 saturated heterocycles. The second-order valence-corrected chi connectivity index (χ2v) is 5.76. The highest BCUT2D eigenvalue weighted by Gasteiger charge is 2.26. The van der Waals surface area contributed by atoms with Crippen molar-refractivity contribution in [2.45, 2.75) is 38.2 Å². The minimum absolute atomic E-state index is 0.0218. The van der Waals surface area contributed by atoms with Crippen LogP contribution in [0.3, 0.4) is 0 Å². The van der Waals surface area contributed by atoms with Crippen LogP contribution in [0.4, 0.5) is 0 Å². The molecule has 0 spiro atoms. The Balaban J connectivity index is 1.60. The van der Waals surface area contributed by atoms with Crippen molar-refractivity contribution in [2.75, 3.05) is 26.2 Å². The first-order chi connectivity index (χ1) is 9.65. The maximum atomic E-state index is 11.8. The van der Waals surface area contributed by atoms with E-state index in [4.69, 9.17) is 9.84 Å². The molecule has 0 bridgehead atoms. The predicted molar refractivity (Wildman–Crippen MR) is 73.3 cm³/mol. The first kappa shape index (κ1) is 15.3. The van der Waals surface area contributed by atoms with Gasteiger partial charge in [0.05, 0.1) is 25.0 Å². The van der Waals surface area contributed by atoms with E-state index in [0.717, 1.165) is 38.8 Å². The number of rotatable bonds is 5. The molecule has 2 fully saturated rings. The van der Waals surface area contributed by atoms with Crippen LogP contribution < -0.4 is 10.6 Å². The molecule has 20 heavy (non-hydrogen) atoms. The lowest BCUT2D eigenvalue weighted by atomic mass is 9.82. The Morgan fingerprint density at radius 1 is 1.25 bits per heavy atom. The van der Waals surface area contributed by atoms with Crippen LogP contribution in [0.1, 0.15) is 32.1 Å². The molecule has 0 aromatic carbocycles. The molecule has 1 saturated carbocycles. The van der Waals surface area contributed by atoms with Crippen molar-refractivity contribution < 1.29 is 19.4 Å². The molecule has 0 radical (unpaired) electrons. The summed E-state index contributed by atoms with van der Waals surface area (Å²) in [4.78, 5) is 22.7. The number of aliphatic carboxylic acids is 1. The maximum absolute atomic E-state index is 11.8. The Morgan fingerprint density at radius 2 is 2.00 bits per heavy atom. The molecular weight excluding hydrogens is 260 g/mol. The number of ether oxygens (including phenoxy) is 1. The first-order valence-electron chi connectivity index (χ1n) is 7.47. The molecule has 1 aliphatic carbocycles. The fourth-order valence-corrected chi connectivity index (χ4v) is 2.90. The fourth-order valence-electron chi connectivity index (χ4n) is 2.90. The first-order valence-corrected chi connectivity index (χ1v) is 7.47.